The molecule has 6 heteroatoms. The van der Waals surface area contributed by atoms with Crippen molar-refractivity contribution in [3.8, 4) is 0 Å². The molecule has 1 heterocycles. The molecule has 1 aliphatic rings. The molecule has 1 fully saturated rings. The third kappa shape index (κ3) is 7.25. The molecule has 0 radical (unpaired) electrons. The molecule has 0 aromatic rings. The Balaban J connectivity index is 2.12. The zero-order valence-electron chi connectivity index (χ0n) is 12.6. The molecule has 19 heavy (non-hydrogen) atoms. The van der Waals surface area contributed by atoms with Gasteiger partial charge in [-0.25, -0.2) is 8.42 Å². The smallest absolute Gasteiger partial charge is 0.151 e. The number of hydrogen-bond donors (Lipinski definition) is 1. The number of sulfone groups is 1. The van der Waals surface area contributed by atoms with Gasteiger partial charge in [0.15, 0.2) is 9.84 Å². The van der Waals surface area contributed by atoms with E-state index in [1.807, 2.05) is 0 Å². The van der Waals surface area contributed by atoms with Crippen LogP contribution < -0.4 is 5.32 Å². The molecular formula is C13H29N3O2S. The van der Waals surface area contributed by atoms with Crippen molar-refractivity contribution in [2.24, 2.45) is 0 Å². The van der Waals surface area contributed by atoms with E-state index >= 15 is 0 Å². The number of hydrogen-bond acceptors (Lipinski definition) is 5. The fourth-order valence-electron chi connectivity index (χ4n) is 2.42. The molecule has 5 nitrogen and oxygen atoms in total. The van der Waals surface area contributed by atoms with Crippen LogP contribution in [0.3, 0.4) is 0 Å². The third-order valence-corrected chi connectivity index (χ3v) is 5.39. The zero-order chi connectivity index (χ0) is 14.3. The molecule has 1 N–H and O–H groups in total. The van der Waals surface area contributed by atoms with Gasteiger partial charge in [-0.3, -0.25) is 0 Å². The van der Waals surface area contributed by atoms with Crippen LogP contribution in [-0.2, 0) is 9.84 Å². The van der Waals surface area contributed by atoms with Crippen molar-refractivity contribution in [3.05, 3.63) is 0 Å². The van der Waals surface area contributed by atoms with E-state index in [0.29, 0.717) is 11.5 Å². The first-order valence-corrected chi connectivity index (χ1v) is 9.06. The van der Waals surface area contributed by atoms with Crippen LogP contribution in [0.5, 0.6) is 0 Å². The van der Waals surface area contributed by atoms with Crippen LogP contribution in [0.25, 0.3) is 0 Å². The van der Waals surface area contributed by atoms with Gasteiger partial charge in [-0.1, -0.05) is 6.92 Å². The van der Waals surface area contributed by atoms with Gasteiger partial charge in [-0.05, 0) is 46.6 Å². The summed E-state index contributed by atoms with van der Waals surface area (Å²) in [6, 6.07) is 0.172. The Labute approximate surface area is 118 Å². The third-order valence-electron chi connectivity index (χ3n) is 3.62. The normalized spacial score (nSPS) is 22.5. The second-order valence-corrected chi connectivity index (χ2v) is 7.87. The van der Waals surface area contributed by atoms with Crippen molar-refractivity contribution < 1.29 is 8.42 Å². The Hall–Kier alpha value is -0.170. The average molecular weight is 291 g/mol. The first-order valence-electron chi connectivity index (χ1n) is 7.24. The lowest BCUT2D eigenvalue weighted by Crippen LogP contribution is -2.38. The fraction of sp³-hybridized carbons (Fsp3) is 1.00. The van der Waals surface area contributed by atoms with E-state index < -0.39 is 9.84 Å². The maximum atomic E-state index is 11.3. The monoisotopic (exact) mass is 291 g/mol. The quantitative estimate of drug-likeness (QED) is 0.650. The maximum Gasteiger partial charge on any atom is 0.151 e. The molecule has 1 aliphatic heterocycles. The van der Waals surface area contributed by atoms with Gasteiger partial charge in [0.05, 0.1) is 11.5 Å². The van der Waals surface area contributed by atoms with E-state index in [4.69, 9.17) is 0 Å². The molecule has 0 bridgehead atoms. The van der Waals surface area contributed by atoms with E-state index in [2.05, 4.69) is 36.1 Å². The predicted octanol–water partition coefficient (Wildman–Crippen LogP) is 0.0367. The Morgan fingerprint density at radius 1 is 1.21 bits per heavy atom. The summed E-state index contributed by atoms with van der Waals surface area (Å²) in [6.45, 7) is 7.34. The molecule has 0 saturated carbocycles. The minimum Gasteiger partial charge on any atom is -0.312 e. The second kappa shape index (κ2) is 8.19. The summed E-state index contributed by atoms with van der Waals surface area (Å²) in [7, 11) is 1.43. The Morgan fingerprint density at radius 3 is 2.47 bits per heavy atom. The van der Waals surface area contributed by atoms with Gasteiger partial charge in [0, 0.05) is 19.1 Å². The number of nitrogens with one attached hydrogen (secondary N) is 1. The van der Waals surface area contributed by atoms with Gasteiger partial charge in [0.2, 0.25) is 0 Å². The summed E-state index contributed by atoms with van der Waals surface area (Å²) >= 11 is 0. The van der Waals surface area contributed by atoms with Gasteiger partial charge >= 0.3 is 0 Å². The molecule has 0 aliphatic carbocycles. The largest absolute Gasteiger partial charge is 0.312 e. The molecule has 0 amide bonds. The van der Waals surface area contributed by atoms with Crippen molar-refractivity contribution in [2.75, 3.05) is 58.3 Å². The molecule has 0 spiro atoms. The number of rotatable bonds is 9. The van der Waals surface area contributed by atoms with Crippen molar-refractivity contribution in [3.63, 3.8) is 0 Å². The SMILES string of the molecule is CCN(CCCN(C)C)CCNC1CCS(=O)(=O)C1. The highest BCUT2D eigenvalue weighted by Gasteiger charge is 2.27. The van der Waals surface area contributed by atoms with Crippen LogP contribution >= 0.6 is 0 Å². The van der Waals surface area contributed by atoms with Crippen molar-refractivity contribution in [1.82, 2.24) is 15.1 Å². The Bertz CT molecular complexity index is 344. The fourth-order valence-corrected chi connectivity index (χ4v) is 4.13. The summed E-state index contributed by atoms with van der Waals surface area (Å²) in [5.74, 6) is 0.671. The first-order chi connectivity index (χ1) is 8.93. The molecule has 114 valence electrons. The molecular weight excluding hydrogens is 262 g/mol. The van der Waals surface area contributed by atoms with Crippen LogP contribution in [0.1, 0.15) is 19.8 Å². The van der Waals surface area contributed by atoms with E-state index in [9.17, 15) is 8.42 Å². The predicted molar refractivity (Wildman–Crippen MR) is 80.3 cm³/mol. The lowest BCUT2D eigenvalue weighted by atomic mass is 10.2. The summed E-state index contributed by atoms with van der Waals surface area (Å²) in [5.41, 5.74) is 0. The standard InChI is InChI=1S/C13H29N3O2S/c1-4-16(9-5-8-15(2)3)10-7-14-13-6-11-19(17,18)12-13/h13-14H,4-12H2,1-3H3. The summed E-state index contributed by atoms with van der Waals surface area (Å²) in [4.78, 5) is 4.62. The van der Waals surface area contributed by atoms with E-state index in [0.717, 1.165) is 39.1 Å². The van der Waals surface area contributed by atoms with Crippen molar-refractivity contribution >= 4 is 9.84 Å². The van der Waals surface area contributed by atoms with Crippen molar-refractivity contribution in [2.45, 2.75) is 25.8 Å². The summed E-state index contributed by atoms with van der Waals surface area (Å²) in [5, 5.41) is 3.37. The molecule has 1 atom stereocenters. The highest BCUT2D eigenvalue weighted by atomic mass is 32.2. The highest BCUT2D eigenvalue weighted by Crippen LogP contribution is 2.10. The van der Waals surface area contributed by atoms with Crippen LogP contribution in [-0.4, -0.2) is 82.6 Å². The topological polar surface area (TPSA) is 52.6 Å². The molecule has 0 aromatic carbocycles. The number of nitrogens with zero attached hydrogens (tertiary/aromatic N) is 2. The molecule has 1 unspecified atom stereocenters. The minimum absolute atomic E-state index is 0.172. The van der Waals surface area contributed by atoms with Gasteiger partial charge in [0.1, 0.15) is 0 Å². The van der Waals surface area contributed by atoms with Crippen LogP contribution in [0.4, 0.5) is 0 Å². The van der Waals surface area contributed by atoms with Crippen LogP contribution in [0.15, 0.2) is 0 Å². The van der Waals surface area contributed by atoms with Crippen LogP contribution in [0.2, 0.25) is 0 Å². The Kier molecular flexibility index (Phi) is 7.28. The summed E-state index contributed by atoms with van der Waals surface area (Å²) in [6.07, 6.45) is 1.95. The molecule has 1 rings (SSSR count). The summed E-state index contributed by atoms with van der Waals surface area (Å²) < 4.78 is 22.7. The van der Waals surface area contributed by atoms with Gasteiger partial charge in [-0.15, -0.1) is 0 Å². The van der Waals surface area contributed by atoms with E-state index in [-0.39, 0.29) is 6.04 Å². The molecule has 0 aromatic heterocycles. The molecule has 1 saturated heterocycles. The van der Waals surface area contributed by atoms with Gasteiger partial charge in [-0.2, -0.15) is 0 Å². The Morgan fingerprint density at radius 2 is 1.95 bits per heavy atom. The minimum atomic E-state index is -2.76. The lowest BCUT2D eigenvalue weighted by Gasteiger charge is -2.22. The lowest BCUT2D eigenvalue weighted by molar-refractivity contribution is 0.263. The second-order valence-electron chi connectivity index (χ2n) is 5.65. The number of likely N-dealkylation sites (N-methyl/N-ethyl adjacent to an activating group) is 1. The van der Waals surface area contributed by atoms with Gasteiger partial charge in [0.25, 0.3) is 0 Å². The van der Waals surface area contributed by atoms with Crippen molar-refractivity contribution in [1.29, 1.82) is 0 Å². The van der Waals surface area contributed by atoms with Crippen LogP contribution in [0, 0.1) is 0 Å². The average Bonchev–Trinajstić information content (AvgIpc) is 2.66. The van der Waals surface area contributed by atoms with E-state index in [1.54, 1.807) is 0 Å². The van der Waals surface area contributed by atoms with E-state index in [1.165, 1.54) is 6.42 Å². The first kappa shape index (κ1) is 16.9. The highest BCUT2D eigenvalue weighted by molar-refractivity contribution is 7.91. The van der Waals surface area contributed by atoms with Gasteiger partial charge < -0.3 is 15.1 Å². The maximum absolute atomic E-state index is 11.3. The zero-order valence-corrected chi connectivity index (χ0v) is 13.4.